The molecule has 1 aromatic heterocycles. The molecule has 2 heteroatoms. The molecule has 0 amide bonds. The van der Waals surface area contributed by atoms with Crippen molar-refractivity contribution in [1.82, 2.24) is 4.98 Å². The first-order valence-electron chi connectivity index (χ1n) is 4.40. The van der Waals surface area contributed by atoms with E-state index in [1.165, 1.54) is 12.8 Å². The normalized spacial score (nSPS) is 18.8. The van der Waals surface area contributed by atoms with Crippen LogP contribution in [0, 0.1) is 6.92 Å². The van der Waals surface area contributed by atoms with E-state index in [-0.39, 0.29) is 0 Å². The zero-order chi connectivity index (χ0) is 8.60. The number of aryl methyl sites for hydroxylation is 1. The Morgan fingerprint density at radius 1 is 1.42 bits per heavy atom. The molecule has 0 spiro atoms. The molecule has 1 fully saturated rings. The average Bonchev–Trinajstić information content (AvgIpc) is 2.67. The molecule has 1 N–H and O–H groups in total. The molecule has 2 rings (SSSR count). The number of hydrogen-bond donors (Lipinski definition) is 1. The van der Waals surface area contributed by atoms with Crippen molar-refractivity contribution in [2.45, 2.75) is 32.2 Å². The van der Waals surface area contributed by atoms with Gasteiger partial charge in [-0.05, 0) is 38.8 Å². The standard InChI is InChI=1S/C10H14N2/c1-8-4-3-5-9(11-8)12-10(2)6-7-10/h3-5H,6-7H2,1-2H3,(H,11,12). The summed E-state index contributed by atoms with van der Waals surface area (Å²) in [6.07, 6.45) is 2.53. The van der Waals surface area contributed by atoms with E-state index in [0.717, 1.165) is 11.5 Å². The molecule has 1 aliphatic rings. The van der Waals surface area contributed by atoms with Crippen LogP contribution < -0.4 is 5.32 Å². The predicted octanol–water partition coefficient (Wildman–Crippen LogP) is 2.35. The summed E-state index contributed by atoms with van der Waals surface area (Å²) >= 11 is 0. The summed E-state index contributed by atoms with van der Waals surface area (Å²) in [5, 5.41) is 3.42. The van der Waals surface area contributed by atoms with Gasteiger partial charge < -0.3 is 5.32 Å². The molecule has 1 heterocycles. The fraction of sp³-hybridized carbons (Fsp3) is 0.500. The second-order valence-electron chi connectivity index (χ2n) is 3.85. The van der Waals surface area contributed by atoms with E-state index in [1.54, 1.807) is 0 Å². The van der Waals surface area contributed by atoms with Gasteiger partial charge in [0.2, 0.25) is 0 Å². The Balaban J connectivity index is 2.12. The number of nitrogens with zero attached hydrogens (tertiary/aromatic N) is 1. The number of aromatic nitrogens is 1. The fourth-order valence-corrected chi connectivity index (χ4v) is 1.23. The van der Waals surface area contributed by atoms with Gasteiger partial charge in [-0.2, -0.15) is 0 Å². The van der Waals surface area contributed by atoms with Crippen molar-refractivity contribution < 1.29 is 0 Å². The highest BCUT2D eigenvalue weighted by atomic mass is 15.1. The van der Waals surface area contributed by atoms with Crippen molar-refractivity contribution in [2.75, 3.05) is 5.32 Å². The van der Waals surface area contributed by atoms with Crippen LogP contribution in [-0.4, -0.2) is 10.5 Å². The first-order chi connectivity index (χ1) is 5.68. The van der Waals surface area contributed by atoms with Gasteiger partial charge in [0.25, 0.3) is 0 Å². The van der Waals surface area contributed by atoms with Crippen molar-refractivity contribution in [1.29, 1.82) is 0 Å². The maximum atomic E-state index is 4.39. The average molecular weight is 162 g/mol. The van der Waals surface area contributed by atoms with Gasteiger partial charge in [-0.1, -0.05) is 6.07 Å². The van der Waals surface area contributed by atoms with Crippen LogP contribution in [0.2, 0.25) is 0 Å². The van der Waals surface area contributed by atoms with Gasteiger partial charge in [0.1, 0.15) is 5.82 Å². The minimum atomic E-state index is 0.334. The molecular weight excluding hydrogens is 148 g/mol. The molecule has 0 radical (unpaired) electrons. The third kappa shape index (κ3) is 1.58. The highest BCUT2D eigenvalue weighted by Crippen LogP contribution is 2.37. The summed E-state index contributed by atoms with van der Waals surface area (Å²) in [7, 11) is 0. The van der Waals surface area contributed by atoms with Crippen molar-refractivity contribution >= 4 is 5.82 Å². The number of pyridine rings is 1. The molecule has 0 saturated heterocycles. The molecule has 0 aliphatic heterocycles. The van der Waals surface area contributed by atoms with Crippen LogP contribution in [0.5, 0.6) is 0 Å². The quantitative estimate of drug-likeness (QED) is 0.722. The predicted molar refractivity (Wildman–Crippen MR) is 50.2 cm³/mol. The second kappa shape index (κ2) is 2.47. The van der Waals surface area contributed by atoms with Gasteiger partial charge >= 0.3 is 0 Å². The highest BCUT2D eigenvalue weighted by molar-refractivity contribution is 5.40. The Morgan fingerprint density at radius 2 is 2.17 bits per heavy atom. The van der Waals surface area contributed by atoms with Gasteiger partial charge in [0.05, 0.1) is 0 Å². The number of anilines is 1. The highest BCUT2D eigenvalue weighted by Gasteiger charge is 2.37. The van der Waals surface area contributed by atoms with Crippen molar-refractivity contribution in [2.24, 2.45) is 0 Å². The summed E-state index contributed by atoms with van der Waals surface area (Å²) in [6, 6.07) is 6.08. The lowest BCUT2D eigenvalue weighted by atomic mass is 10.3. The van der Waals surface area contributed by atoms with E-state index in [4.69, 9.17) is 0 Å². The molecule has 2 nitrogen and oxygen atoms in total. The van der Waals surface area contributed by atoms with Crippen LogP contribution >= 0.6 is 0 Å². The minimum Gasteiger partial charge on any atom is -0.365 e. The SMILES string of the molecule is Cc1cccc(NC2(C)CC2)n1. The first-order valence-corrected chi connectivity index (χ1v) is 4.40. The van der Waals surface area contributed by atoms with Crippen LogP contribution in [0.1, 0.15) is 25.5 Å². The fourth-order valence-electron chi connectivity index (χ4n) is 1.23. The van der Waals surface area contributed by atoms with Crippen LogP contribution in [0.25, 0.3) is 0 Å². The molecule has 1 aliphatic carbocycles. The van der Waals surface area contributed by atoms with Crippen molar-refractivity contribution in [3.8, 4) is 0 Å². The van der Waals surface area contributed by atoms with Crippen LogP contribution in [0.15, 0.2) is 18.2 Å². The molecular formula is C10H14N2. The third-order valence-electron chi connectivity index (χ3n) is 2.32. The van der Waals surface area contributed by atoms with Crippen LogP contribution in [0.3, 0.4) is 0 Å². The van der Waals surface area contributed by atoms with Gasteiger partial charge in [0, 0.05) is 11.2 Å². The maximum Gasteiger partial charge on any atom is 0.126 e. The van der Waals surface area contributed by atoms with Gasteiger partial charge in [-0.15, -0.1) is 0 Å². The molecule has 64 valence electrons. The van der Waals surface area contributed by atoms with Gasteiger partial charge in [0.15, 0.2) is 0 Å². The monoisotopic (exact) mass is 162 g/mol. The Bertz CT molecular complexity index is 290. The summed E-state index contributed by atoms with van der Waals surface area (Å²) in [6.45, 7) is 4.25. The van der Waals surface area contributed by atoms with Crippen LogP contribution in [0.4, 0.5) is 5.82 Å². The minimum absolute atomic E-state index is 0.334. The van der Waals surface area contributed by atoms with E-state index in [9.17, 15) is 0 Å². The number of rotatable bonds is 2. The van der Waals surface area contributed by atoms with Gasteiger partial charge in [-0.3, -0.25) is 0 Å². The number of hydrogen-bond acceptors (Lipinski definition) is 2. The Hall–Kier alpha value is -1.05. The lowest BCUT2D eigenvalue weighted by Crippen LogP contribution is -2.16. The van der Waals surface area contributed by atoms with Crippen molar-refractivity contribution in [3.63, 3.8) is 0 Å². The smallest absolute Gasteiger partial charge is 0.126 e. The number of nitrogens with one attached hydrogen (secondary N) is 1. The molecule has 0 atom stereocenters. The zero-order valence-electron chi connectivity index (χ0n) is 7.59. The van der Waals surface area contributed by atoms with E-state index >= 15 is 0 Å². The second-order valence-corrected chi connectivity index (χ2v) is 3.85. The maximum absolute atomic E-state index is 4.39. The third-order valence-corrected chi connectivity index (χ3v) is 2.32. The lowest BCUT2D eigenvalue weighted by Gasteiger charge is -2.11. The topological polar surface area (TPSA) is 24.9 Å². The lowest BCUT2D eigenvalue weighted by molar-refractivity contribution is 0.819. The Labute approximate surface area is 73.0 Å². The summed E-state index contributed by atoms with van der Waals surface area (Å²) in [5.74, 6) is 1.01. The zero-order valence-corrected chi connectivity index (χ0v) is 7.59. The van der Waals surface area contributed by atoms with Crippen LogP contribution in [-0.2, 0) is 0 Å². The molecule has 12 heavy (non-hydrogen) atoms. The van der Waals surface area contributed by atoms with Gasteiger partial charge in [-0.25, -0.2) is 4.98 Å². The molecule has 0 unspecified atom stereocenters. The van der Waals surface area contributed by atoms with E-state index < -0.39 is 0 Å². The first kappa shape index (κ1) is 7.59. The molecule has 0 bridgehead atoms. The largest absolute Gasteiger partial charge is 0.365 e. The molecule has 0 aromatic carbocycles. The van der Waals surface area contributed by atoms with E-state index in [2.05, 4.69) is 17.2 Å². The molecule has 1 saturated carbocycles. The Morgan fingerprint density at radius 3 is 2.75 bits per heavy atom. The van der Waals surface area contributed by atoms with E-state index in [1.807, 2.05) is 25.1 Å². The van der Waals surface area contributed by atoms with Crippen molar-refractivity contribution in [3.05, 3.63) is 23.9 Å². The Kier molecular flexibility index (Phi) is 1.56. The molecule has 1 aromatic rings. The summed E-state index contributed by atoms with van der Waals surface area (Å²) in [5.41, 5.74) is 1.41. The van der Waals surface area contributed by atoms with E-state index in [0.29, 0.717) is 5.54 Å². The summed E-state index contributed by atoms with van der Waals surface area (Å²) < 4.78 is 0. The summed E-state index contributed by atoms with van der Waals surface area (Å²) in [4.78, 5) is 4.39.